The fourth-order valence-electron chi connectivity index (χ4n) is 3.59. The number of aliphatic hydroxyl groups excluding tert-OH is 1. The van der Waals surface area contributed by atoms with Crippen molar-refractivity contribution in [3.05, 3.63) is 17.5 Å². The van der Waals surface area contributed by atoms with Crippen molar-refractivity contribution in [3.63, 3.8) is 0 Å². The SMILES string of the molecule is CCNC(=NCCCN1CCC(O)CC1)N(C)Cc1cn(C)nc1C(C)C. The lowest BCUT2D eigenvalue weighted by Gasteiger charge is -2.29. The predicted molar refractivity (Wildman–Crippen MR) is 111 cm³/mol. The van der Waals surface area contributed by atoms with Crippen molar-refractivity contribution in [2.45, 2.75) is 58.6 Å². The molecule has 0 aromatic carbocycles. The summed E-state index contributed by atoms with van der Waals surface area (Å²) in [6.45, 7) is 12.0. The molecule has 0 aliphatic carbocycles. The summed E-state index contributed by atoms with van der Waals surface area (Å²) in [4.78, 5) is 9.44. The van der Waals surface area contributed by atoms with Gasteiger partial charge in [0.15, 0.2) is 5.96 Å². The largest absolute Gasteiger partial charge is 0.393 e. The van der Waals surface area contributed by atoms with E-state index in [1.54, 1.807) is 0 Å². The lowest BCUT2D eigenvalue weighted by atomic mass is 10.1. The molecule has 2 heterocycles. The van der Waals surface area contributed by atoms with E-state index < -0.39 is 0 Å². The Bertz CT molecular complexity index is 589. The van der Waals surface area contributed by atoms with Gasteiger partial charge in [-0.3, -0.25) is 9.67 Å². The maximum atomic E-state index is 9.60. The molecule has 2 N–H and O–H groups in total. The Morgan fingerprint density at radius 1 is 1.41 bits per heavy atom. The molecule has 1 aliphatic rings. The number of likely N-dealkylation sites (tertiary alicyclic amines) is 1. The van der Waals surface area contributed by atoms with Crippen molar-refractivity contribution in [2.75, 3.05) is 39.8 Å². The van der Waals surface area contributed by atoms with Crippen LogP contribution < -0.4 is 5.32 Å². The maximum Gasteiger partial charge on any atom is 0.193 e. The first-order valence-electron chi connectivity index (χ1n) is 10.3. The van der Waals surface area contributed by atoms with Gasteiger partial charge in [-0.15, -0.1) is 0 Å². The summed E-state index contributed by atoms with van der Waals surface area (Å²) < 4.78 is 1.90. The van der Waals surface area contributed by atoms with Gasteiger partial charge in [0.1, 0.15) is 0 Å². The van der Waals surface area contributed by atoms with Gasteiger partial charge in [0.2, 0.25) is 0 Å². The lowest BCUT2D eigenvalue weighted by molar-refractivity contribution is 0.0824. The number of guanidine groups is 1. The molecule has 1 fully saturated rings. The lowest BCUT2D eigenvalue weighted by Crippen LogP contribution is -2.39. The van der Waals surface area contributed by atoms with Gasteiger partial charge in [-0.1, -0.05) is 13.8 Å². The molecule has 0 unspecified atom stereocenters. The van der Waals surface area contributed by atoms with Crippen molar-refractivity contribution < 1.29 is 5.11 Å². The number of aromatic nitrogens is 2. The Labute approximate surface area is 164 Å². The molecule has 1 aromatic heterocycles. The smallest absolute Gasteiger partial charge is 0.193 e. The van der Waals surface area contributed by atoms with Crippen molar-refractivity contribution in [1.29, 1.82) is 0 Å². The molecule has 0 atom stereocenters. The van der Waals surface area contributed by atoms with Gasteiger partial charge in [0.05, 0.1) is 11.8 Å². The fraction of sp³-hybridized carbons (Fsp3) is 0.800. The zero-order valence-electron chi connectivity index (χ0n) is 17.8. The number of hydrogen-bond donors (Lipinski definition) is 2. The van der Waals surface area contributed by atoms with E-state index >= 15 is 0 Å². The molecule has 0 saturated carbocycles. The quantitative estimate of drug-likeness (QED) is 0.410. The van der Waals surface area contributed by atoms with E-state index in [9.17, 15) is 5.11 Å². The minimum atomic E-state index is -0.100. The van der Waals surface area contributed by atoms with Gasteiger partial charge >= 0.3 is 0 Å². The van der Waals surface area contributed by atoms with Crippen molar-refractivity contribution >= 4 is 5.96 Å². The van der Waals surface area contributed by atoms with Crippen LogP contribution >= 0.6 is 0 Å². The van der Waals surface area contributed by atoms with Crippen LogP contribution in [0.3, 0.4) is 0 Å². The van der Waals surface area contributed by atoms with Gasteiger partial charge in [0.25, 0.3) is 0 Å². The standard InChI is InChI=1S/C20H38N6O/c1-6-21-20(22-10-7-11-26-12-8-18(27)9-13-26)24(4)14-17-15-25(5)23-19(17)16(2)3/h15-16,18,27H,6-14H2,1-5H3,(H,21,22). The second-order valence-electron chi connectivity index (χ2n) is 7.89. The summed E-state index contributed by atoms with van der Waals surface area (Å²) in [5.74, 6) is 1.36. The Morgan fingerprint density at radius 3 is 2.74 bits per heavy atom. The number of piperidine rings is 1. The predicted octanol–water partition coefficient (Wildman–Crippen LogP) is 1.79. The topological polar surface area (TPSA) is 68.9 Å². The molecular formula is C20H38N6O. The van der Waals surface area contributed by atoms with Crippen LogP contribution in [0.1, 0.15) is 57.2 Å². The maximum absolute atomic E-state index is 9.60. The summed E-state index contributed by atoms with van der Waals surface area (Å²) in [6.07, 6.45) is 4.86. The average Bonchev–Trinajstić information content (AvgIpc) is 2.99. The highest BCUT2D eigenvalue weighted by atomic mass is 16.3. The van der Waals surface area contributed by atoms with E-state index in [2.05, 4.69) is 54.2 Å². The van der Waals surface area contributed by atoms with Crippen LogP contribution in [-0.4, -0.2) is 76.5 Å². The number of aryl methyl sites for hydroxylation is 1. The third-order valence-electron chi connectivity index (χ3n) is 5.04. The van der Waals surface area contributed by atoms with E-state index in [4.69, 9.17) is 4.99 Å². The third kappa shape index (κ3) is 6.81. The number of aliphatic hydroxyl groups is 1. The molecule has 0 bridgehead atoms. The first kappa shape index (κ1) is 21.7. The zero-order valence-corrected chi connectivity index (χ0v) is 17.8. The van der Waals surface area contributed by atoms with Crippen molar-refractivity contribution in [2.24, 2.45) is 12.0 Å². The first-order valence-corrected chi connectivity index (χ1v) is 10.3. The highest BCUT2D eigenvalue weighted by molar-refractivity contribution is 5.79. The Hall–Kier alpha value is -1.60. The van der Waals surface area contributed by atoms with Crippen molar-refractivity contribution in [3.8, 4) is 0 Å². The Balaban J connectivity index is 1.88. The Kier molecular flexibility index (Phi) is 8.57. The molecule has 7 heteroatoms. The van der Waals surface area contributed by atoms with Gasteiger partial charge in [-0.2, -0.15) is 5.10 Å². The van der Waals surface area contributed by atoms with E-state index in [0.717, 1.165) is 70.2 Å². The fourth-order valence-corrected chi connectivity index (χ4v) is 3.59. The van der Waals surface area contributed by atoms with Gasteiger partial charge in [-0.05, 0) is 38.6 Å². The van der Waals surface area contributed by atoms with Crippen LogP contribution in [0.5, 0.6) is 0 Å². The minimum Gasteiger partial charge on any atom is -0.393 e. The first-order chi connectivity index (χ1) is 12.9. The summed E-state index contributed by atoms with van der Waals surface area (Å²) in [6, 6.07) is 0. The minimum absolute atomic E-state index is 0.100. The normalized spacial score (nSPS) is 16.9. The molecular weight excluding hydrogens is 340 g/mol. The highest BCUT2D eigenvalue weighted by Crippen LogP contribution is 2.18. The summed E-state index contributed by atoms with van der Waals surface area (Å²) in [5.41, 5.74) is 2.42. The third-order valence-corrected chi connectivity index (χ3v) is 5.04. The monoisotopic (exact) mass is 378 g/mol. The number of nitrogens with one attached hydrogen (secondary N) is 1. The highest BCUT2D eigenvalue weighted by Gasteiger charge is 2.17. The second kappa shape index (κ2) is 10.7. The van der Waals surface area contributed by atoms with Gasteiger partial charge in [-0.25, -0.2) is 0 Å². The van der Waals surface area contributed by atoms with Crippen LogP contribution in [0.2, 0.25) is 0 Å². The molecule has 2 rings (SSSR count). The van der Waals surface area contributed by atoms with E-state index in [-0.39, 0.29) is 6.10 Å². The molecule has 27 heavy (non-hydrogen) atoms. The number of rotatable bonds is 8. The summed E-state index contributed by atoms with van der Waals surface area (Å²) in [5, 5.41) is 17.6. The summed E-state index contributed by atoms with van der Waals surface area (Å²) >= 11 is 0. The van der Waals surface area contributed by atoms with Crippen LogP contribution in [-0.2, 0) is 13.6 Å². The average molecular weight is 379 g/mol. The zero-order chi connectivity index (χ0) is 19.8. The van der Waals surface area contributed by atoms with Gasteiger partial charge < -0.3 is 20.2 Å². The second-order valence-corrected chi connectivity index (χ2v) is 7.89. The van der Waals surface area contributed by atoms with Crippen LogP contribution in [0.15, 0.2) is 11.2 Å². The molecule has 1 aromatic rings. The molecule has 0 amide bonds. The number of aliphatic imine (C=N–C) groups is 1. The van der Waals surface area contributed by atoms with Crippen LogP contribution in [0.25, 0.3) is 0 Å². The summed E-state index contributed by atoms with van der Waals surface area (Å²) in [7, 11) is 4.07. The molecule has 0 radical (unpaired) electrons. The van der Waals surface area contributed by atoms with E-state index in [0.29, 0.717) is 5.92 Å². The van der Waals surface area contributed by atoms with E-state index in [1.165, 1.54) is 5.56 Å². The molecule has 7 nitrogen and oxygen atoms in total. The molecule has 0 spiro atoms. The van der Waals surface area contributed by atoms with Crippen LogP contribution in [0, 0.1) is 0 Å². The molecule has 1 aliphatic heterocycles. The number of hydrogen-bond acceptors (Lipinski definition) is 4. The van der Waals surface area contributed by atoms with E-state index in [1.807, 2.05) is 11.7 Å². The van der Waals surface area contributed by atoms with Crippen molar-refractivity contribution in [1.82, 2.24) is 24.9 Å². The van der Waals surface area contributed by atoms with Gasteiger partial charge in [0, 0.05) is 58.6 Å². The molecule has 154 valence electrons. The molecule has 1 saturated heterocycles. The Morgan fingerprint density at radius 2 is 2.11 bits per heavy atom. The number of nitrogens with zero attached hydrogens (tertiary/aromatic N) is 5. The van der Waals surface area contributed by atoms with Crippen LogP contribution in [0.4, 0.5) is 0 Å².